The van der Waals surface area contributed by atoms with E-state index in [1.54, 1.807) is 6.07 Å². The Kier molecular flexibility index (Phi) is 4.24. The molecule has 5 nitrogen and oxygen atoms in total. The molecule has 0 aliphatic heterocycles. The normalized spacial score (nSPS) is 22.8. The molecule has 0 radical (unpaired) electrons. The lowest BCUT2D eigenvalue weighted by Crippen LogP contribution is -2.39. The molecular formula is C14H19NO4. The highest BCUT2D eigenvalue weighted by atomic mass is 16.5. The van der Waals surface area contributed by atoms with Gasteiger partial charge in [-0.05, 0) is 38.7 Å². The van der Waals surface area contributed by atoms with Crippen LogP contribution in [0.1, 0.15) is 41.8 Å². The molecule has 0 spiro atoms. The van der Waals surface area contributed by atoms with E-state index < -0.39 is 0 Å². The van der Waals surface area contributed by atoms with Crippen LogP contribution in [-0.4, -0.2) is 25.0 Å². The van der Waals surface area contributed by atoms with Crippen molar-refractivity contribution in [3.05, 3.63) is 23.7 Å². The molecule has 1 saturated carbocycles. The zero-order valence-electron chi connectivity index (χ0n) is 11.3. The minimum Gasteiger partial charge on any atom is -0.469 e. The van der Waals surface area contributed by atoms with Crippen molar-refractivity contribution in [2.24, 2.45) is 5.92 Å². The highest BCUT2D eigenvalue weighted by Crippen LogP contribution is 2.25. The summed E-state index contributed by atoms with van der Waals surface area (Å²) in [6, 6.07) is 1.88. The topological polar surface area (TPSA) is 68.5 Å². The monoisotopic (exact) mass is 265 g/mol. The van der Waals surface area contributed by atoms with Crippen molar-refractivity contribution in [2.45, 2.75) is 38.6 Å². The maximum Gasteiger partial charge on any atom is 0.308 e. The lowest BCUT2D eigenvalue weighted by atomic mass is 9.86. The second-order valence-corrected chi connectivity index (χ2v) is 4.98. The Bertz CT molecular complexity index is 458. The van der Waals surface area contributed by atoms with Gasteiger partial charge < -0.3 is 14.5 Å². The molecule has 1 heterocycles. The molecule has 1 amide bonds. The number of carbonyl (C=O) groups excluding carboxylic acids is 2. The van der Waals surface area contributed by atoms with Crippen molar-refractivity contribution >= 4 is 11.9 Å². The summed E-state index contributed by atoms with van der Waals surface area (Å²) in [4.78, 5) is 23.4. The summed E-state index contributed by atoms with van der Waals surface area (Å²) >= 11 is 0. The fraction of sp³-hybridized carbons (Fsp3) is 0.571. The van der Waals surface area contributed by atoms with Crippen LogP contribution in [0.15, 0.2) is 16.7 Å². The van der Waals surface area contributed by atoms with Gasteiger partial charge in [0.15, 0.2) is 5.76 Å². The smallest absolute Gasteiger partial charge is 0.308 e. The Morgan fingerprint density at radius 3 is 2.53 bits per heavy atom. The van der Waals surface area contributed by atoms with E-state index in [1.165, 1.54) is 13.4 Å². The average Bonchev–Trinajstić information content (AvgIpc) is 2.85. The first-order valence-corrected chi connectivity index (χ1v) is 6.54. The Labute approximate surface area is 112 Å². The first-order chi connectivity index (χ1) is 9.11. The molecule has 2 rings (SSSR count). The molecule has 1 aromatic rings. The molecular weight excluding hydrogens is 246 g/mol. The third-order valence-electron chi connectivity index (χ3n) is 3.67. The Hall–Kier alpha value is -1.78. The van der Waals surface area contributed by atoms with E-state index in [1.807, 2.05) is 6.92 Å². The fourth-order valence-corrected chi connectivity index (χ4v) is 2.50. The SMILES string of the molecule is COC(=O)C1CCC(NC(=O)c2occc2C)CC1. The van der Waals surface area contributed by atoms with Crippen molar-refractivity contribution in [3.8, 4) is 0 Å². The molecule has 1 N–H and O–H groups in total. The summed E-state index contributed by atoms with van der Waals surface area (Å²) in [7, 11) is 1.41. The average molecular weight is 265 g/mol. The van der Waals surface area contributed by atoms with Crippen LogP contribution >= 0.6 is 0 Å². The number of nitrogens with one attached hydrogen (secondary N) is 1. The standard InChI is InChI=1S/C14H19NO4/c1-9-7-8-19-12(9)13(16)15-11-5-3-10(4-6-11)14(17)18-2/h7-8,10-11H,3-6H2,1-2H3,(H,15,16). The van der Waals surface area contributed by atoms with Crippen LogP contribution < -0.4 is 5.32 Å². The molecule has 1 fully saturated rings. The Morgan fingerprint density at radius 1 is 1.32 bits per heavy atom. The van der Waals surface area contributed by atoms with Crippen molar-refractivity contribution in [3.63, 3.8) is 0 Å². The number of hydrogen-bond acceptors (Lipinski definition) is 4. The zero-order chi connectivity index (χ0) is 13.8. The molecule has 0 aromatic carbocycles. The van der Waals surface area contributed by atoms with Crippen molar-refractivity contribution < 1.29 is 18.7 Å². The second kappa shape index (κ2) is 5.91. The number of carbonyl (C=O) groups is 2. The fourth-order valence-electron chi connectivity index (χ4n) is 2.50. The number of amides is 1. The molecule has 0 bridgehead atoms. The zero-order valence-corrected chi connectivity index (χ0v) is 11.3. The number of rotatable bonds is 3. The van der Waals surface area contributed by atoms with Gasteiger partial charge in [0.05, 0.1) is 19.3 Å². The van der Waals surface area contributed by atoms with Crippen LogP contribution in [-0.2, 0) is 9.53 Å². The van der Waals surface area contributed by atoms with Crippen LogP contribution in [0.3, 0.4) is 0 Å². The first kappa shape index (κ1) is 13.6. The quantitative estimate of drug-likeness (QED) is 0.849. The van der Waals surface area contributed by atoms with Gasteiger partial charge in [0.1, 0.15) is 0 Å². The van der Waals surface area contributed by atoms with Gasteiger partial charge in [-0.2, -0.15) is 0 Å². The van der Waals surface area contributed by atoms with E-state index in [4.69, 9.17) is 9.15 Å². The van der Waals surface area contributed by atoms with Crippen LogP contribution in [0, 0.1) is 12.8 Å². The van der Waals surface area contributed by atoms with E-state index in [2.05, 4.69) is 5.32 Å². The van der Waals surface area contributed by atoms with Gasteiger partial charge in [0.2, 0.25) is 0 Å². The summed E-state index contributed by atoms with van der Waals surface area (Å²) in [5.74, 6) is 0.0225. The lowest BCUT2D eigenvalue weighted by Gasteiger charge is -2.27. The van der Waals surface area contributed by atoms with Gasteiger partial charge in [0, 0.05) is 11.6 Å². The molecule has 0 unspecified atom stereocenters. The molecule has 0 saturated heterocycles. The van der Waals surface area contributed by atoms with Crippen LogP contribution in [0.5, 0.6) is 0 Å². The predicted molar refractivity (Wildman–Crippen MR) is 68.7 cm³/mol. The summed E-state index contributed by atoms with van der Waals surface area (Å²) in [5, 5.41) is 2.95. The highest BCUT2D eigenvalue weighted by molar-refractivity contribution is 5.93. The number of aryl methyl sites for hydroxylation is 1. The second-order valence-electron chi connectivity index (χ2n) is 4.98. The van der Waals surface area contributed by atoms with Gasteiger partial charge in [-0.25, -0.2) is 0 Å². The molecule has 19 heavy (non-hydrogen) atoms. The molecule has 1 aliphatic rings. The summed E-state index contributed by atoms with van der Waals surface area (Å²) in [6.07, 6.45) is 4.62. The molecule has 104 valence electrons. The number of ether oxygens (including phenoxy) is 1. The Morgan fingerprint density at radius 2 is 2.00 bits per heavy atom. The van der Waals surface area contributed by atoms with Gasteiger partial charge in [0.25, 0.3) is 5.91 Å². The summed E-state index contributed by atoms with van der Waals surface area (Å²) < 4.78 is 9.90. The number of hydrogen-bond donors (Lipinski definition) is 1. The third-order valence-corrected chi connectivity index (χ3v) is 3.67. The Balaban J connectivity index is 1.85. The first-order valence-electron chi connectivity index (χ1n) is 6.54. The van der Waals surface area contributed by atoms with Crippen molar-refractivity contribution in [1.29, 1.82) is 0 Å². The van der Waals surface area contributed by atoms with Gasteiger partial charge >= 0.3 is 5.97 Å². The summed E-state index contributed by atoms with van der Waals surface area (Å²) in [6.45, 7) is 1.84. The third kappa shape index (κ3) is 3.16. The van der Waals surface area contributed by atoms with Gasteiger partial charge in [-0.3, -0.25) is 9.59 Å². The predicted octanol–water partition coefficient (Wildman–Crippen LogP) is 2.05. The minimum absolute atomic E-state index is 0.0245. The minimum atomic E-state index is -0.177. The maximum atomic E-state index is 12.0. The highest BCUT2D eigenvalue weighted by Gasteiger charge is 2.28. The molecule has 5 heteroatoms. The number of esters is 1. The van der Waals surface area contributed by atoms with Crippen LogP contribution in [0.2, 0.25) is 0 Å². The largest absolute Gasteiger partial charge is 0.469 e. The lowest BCUT2D eigenvalue weighted by molar-refractivity contribution is -0.146. The van der Waals surface area contributed by atoms with E-state index in [-0.39, 0.29) is 23.8 Å². The maximum absolute atomic E-state index is 12.0. The van der Waals surface area contributed by atoms with E-state index in [9.17, 15) is 9.59 Å². The van der Waals surface area contributed by atoms with Gasteiger partial charge in [-0.15, -0.1) is 0 Å². The number of methoxy groups -OCH3 is 1. The van der Waals surface area contributed by atoms with E-state index >= 15 is 0 Å². The summed E-state index contributed by atoms with van der Waals surface area (Å²) in [5.41, 5.74) is 0.834. The van der Waals surface area contributed by atoms with Crippen molar-refractivity contribution in [2.75, 3.05) is 7.11 Å². The molecule has 1 aliphatic carbocycles. The van der Waals surface area contributed by atoms with Crippen molar-refractivity contribution in [1.82, 2.24) is 5.32 Å². The molecule has 0 atom stereocenters. The van der Waals surface area contributed by atoms with Crippen LogP contribution in [0.4, 0.5) is 0 Å². The van der Waals surface area contributed by atoms with Gasteiger partial charge in [-0.1, -0.05) is 0 Å². The van der Waals surface area contributed by atoms with E-state index in [0.29, 0.717) is 5.76 Å². The molecule has 1 aromatic heterocycles. The number of furan rings is 1. The van der Waals surface area contributed by atoms with Crippen LogP contribution in [0.25, 0.3) is 0 Å². The van der Waals surface area contributed by atoms with E-state index in [0.717, 1.165) is 31.2 Å².